The van der Waals surface area contributed by atoms with E-state index in [2.05, 4.69) is 62.2 Å². The Kier molecular flexibility index (Phi) is 6.62. The summed E-state index contributed by atoms with van der Waals surface area (Å²) in [5, 5.41) is 4.13. The van der Waals surface area contributed by atoms with Crippen molar-refractivity contribution < 1.29 is 0 Å². The Balaban J connectivity index is 2.83. The number of rotatable bonds is 7. The summed E-state index contributed by atoms with van der Waals surface area (Å²) in [6, 6.07) is 0. The second-order valence-electron chi connectivity index (χ2n) is 5.45. The Labute approximate surface area is 121 Å². The molecule has 6 heteroatoms. The molecule has 0 aliphatic heterocycles. The van der Waals surface area contributed by atoms with E-state index in [1.807, 2.05) is 0 Å². The maximum atomic E-state index is 4.49. The summed E-state index contributed by atoms with van der Waals surface area (Å²) in [7, 11) is 2.23. The van der Waals surface area contributed by atoms with Crippen LogP contribution in [0, 0.1) is 0 Å². The van der Waals surface area contributed by atoms with E-state index in [-0.39, 0.29) is 5.54 Å². The predicted octanol–water partition coefficient (Wildman–Crippen LogP) is 3.23. The zero-order chi connectivity index (χ0) is 14.3. The lowest BCUT2D eigenvalue weighted by Crippen LogP contribution is -2.28. The van der Waals surface area contributed by atoms with Gasteiger partial charge in [-0.3, -0.25) is 0 Å². The summed E-state index contributed by atoms with van der Waals surface area (Å²) in [4.78, 5) is 13.4. The van der Waals surface area contributed by atoms with Gasteiger partial charge in [0.15, 0.2) is 5.16 Å². The van der Waals surface area contributed by atoms with Gasteiger partial charge in [-0.15, -0.1) is 0 Å². The molecule has 0 saturated carbocycles. The third-order valence-electron chi connectivity index (χ3n) is 2.24. The highest BCUT2D eigenvalue weighted by Crippen LogP contribution is 2.16. The molecule has 0 spiro atoms. The molecule has 105 valence electrons. The van der Waals surface area contributed by atoms with E-state index in [4.69, 9.17) is 0 Å². The lowest BCUT2D eigenvalue weighted by Gasteiger charge is -2.20. The van der Waals surface area contributed by atoms with Gasteiger partial charge in [0.2, 0.25) is 5.95 Å². The molecule has 1 radical (unpaired) electrons. The number of nitrogens with zero attached hydrogens (tertiary/aromatic N) is 3. The molecule has 0 atom stereocenters. The summed E-state index contributed by atoms with van der Waals surface area (Å²) in [5.41, 5.74) is -0.0418. The van der Waals surface area contributed by atoms with Gasteiger partial charge in [-0.05, 0) is 32.8 Å². The second kappa shape index (κ2) is 7.73. The molecule has 19 heavy (non-hydrogen) atoms. The largest absolute Gasteiger partial charge is 0.349 e. The number of aromatic nitrogens is 3. The first-order valence-electron chi connectivity index (χ1n) is 6.92. The van der Waals surface area contributed by atoms with Gasteiger partial charge in [-0.1, -0.05) is 38.4 Å². The smallest absolute Gasteiger partial charge is 0.227 e. The Bertz CT molecular complexity index is 393. The molecule has 0 saturated heterocycles. The van der Waals surface area contributed by atoms with E-state index in [1.165, 1.54) is 0 Å². The van der Waals surface area contributed by atoms with Gasteiger partial charge in [-0.25, -0.2) is 4.98 Å². The third kappa shape index (κ3) is 6.80. The summed E-state index contributed by atoms with van der Waals surface area (Å²) in [6.07, 6.45) is 3.07. The molecule has 0 aromatic carbocycles. The van der Waals surface area contributed by atoms with E-state index in [0.717, 1.165) is 35.8 Å². The number of nitrogens with one attached hydrogen (secondary N) is 1. The van der Waals surface area contributed by atoms with Gasteiger partial charge in [0, 0.05) is 5.54 Å². The van der Waals surface area contributed by atoms with Crippen LogP contribution in [0.1, 0.15) is 46.9 Å². The van der Waals surface area contributed by atoms with Gasteiger partial charge in [0.05, 0.1) is 0 Å². The van der Waals surface area contributed by atoms with Crippen molar-refractivity contribution in [3.05, 3.63) is 5.82 Å². The van der Waals surface area contributed by atoms with Crippen molar-refractivity contribution in [3.8, 4) is 0 Å². The minimum absolute atomic E-state index is 0.0418. The van der Waals surface area contributed by atoms with Crippen molar-refractivity contribution in [1.29, 1.82) is 0 Å². The van der Waals surface area contributed by atoms with Crippen LogP contribution in [0.25, 0.3) is 0 Å². The van der Waals surface area contributed by atoms with Crippen molar-refractivity contribution in [2.24, 2.45) is 0 Å². The molecule has 0 aliphatic rings. The Morgan fingerprint density at radius 3 is 2.47 bits per heavy atom. The molecule has 0 bridgehead atoms. The normalized spacial score (nSPS) is 11.4. The van der Waals surface area contributed by atoms with Gasteiger partial charge < -0.3 is 5.32 Å². The average Bonchev–Trinajstić information content (AvgIpc) is 2.27. The molecular weight excluding hydrogens is 255 g/mol. The molecule has 1 aromatic rings. The van der Waals surface area contributed by atoms with Crippen LogP contribution < -0.4 is 5.32 Å². The van der Waals surface area contributed by atoms with Crippen molar-refractivity contribution in [1.82, 2.24) is 15.0 Å². The van der Waals surface area contributed by atoms with Gasteiger partial charge in [0.1, 0.15) is 13.1 Å². The van der Waals surface area contributed by atoms with Crippen LogP contribution in [0.15, 0.2) is 5.16 Å². The highest BCUT2D eigenvalue weighted by molar-refractivity contribution is 7.99. The van der Waals surface area contributed by atoms with E-state index in [9.17, 15) is 0 Å². The summed E-state index contributed by atoms with van der Waals surface area (Å²) in [6.45, 7) is 10.6. The highest BCUT2D eigenvalue weighted by atomic mass is 32.2. The molecular formula is C13H24BN4S. The number of hydrogen-bond donors (Lipinski definition) is 1. The molecule has 4 nitrogen and oxygen atoms in total. The summed E-state index contributed by atoms with van der Waals surface area (Å²) < 4.78 is 0. The molecule has 1 aromatic heterocycles. The topological polar surface area (TPSA) is 50.7 Å². The zero-order valence-electron chi connectivity index (χ0n) is 12.7. The van der Waals surface area contributed by atoms with Crippen molar-refractivity contribution in [3.63, 3.8) is 0 Å². The minimum atomic E-state index is -0.0418. The molecule has 1 N–H and O–H groups in total. The maximum absolute atomic E-state index is 4.49. The fraction of sp³-hybridized carbons (Fsp3) is 0.769. The average molecular weight is 279 g/mol. The Morgan fingerprint density at radius 2 is 1.89 bits per heavy atom. The van der Waals surface area contributed by atoms with Gasteiger partial charge in [0.25, 0.3) is 0 Å². The molecule has 0 fully saturated rings. The van der Waals surface area contributed by atoms with Crippen LogP contribution in [0.3, 0.4) is 0 Å². The fourth-order valence-electron chi connectivity index (χ4n) is 1.51. The monoisotopic (exact) mass is 279 g/mol. The second-order valence-corrected chi connectivity index (χ2v) is 6.68. The first-order valence-corrected chi connectivity index (χ1v) is 7.90. The fourth-order valence-corrected chi connectivity index (χ4v) is 2.09. The van der Waals surface area contributed by atoms with Crippen LogP contribution in [0.5, 0.6) is 0 Å². The van der Waals surface area contributed by atoms with E-state index < -0.39 is 0 Å². The van der Waals surface area contributed by atoms with Gasteiger partial charge in [-0.2, -0.15) is 9.97 Å². The quantitative estimate of drug-likeness (QED) is 0.472. The van der Waals surface area contributed by atoms with Gasteiger partial charge >= 0.3 is 0 Å². The molecule has 0 aliphatic carbocycles. The third-order valence-corrected chi connectivity index (χ3v) is 2.97. The Morgan fingerprint density at radius 1 is 1.16 bits per heavy atom. The molecule has 1 rings (SSSR count). The van der Waals surface area contributed by atoms with Crippen LogP contribution >= 0.6 is 11.8 Å². The van der Waals surface area contributed by atoms with E-state index in [0.29, 0.717) is 5.95 Å². The van der Waals surface area contributed by atoms with Crippen molar-refractivity contribution in [2.45, 2.75) is 64.4 Å². The summed E-state index contributed by atoms with van der Waals surface area (Å²) in [5.74, 6) is 2.50. The van der Waals surface area contributed by atoms with E-state index in [1.54, 1.807) is 11.8 Å². The lowest BCUT2D eigenvalue weighted by molar-refractivity contribution is 0.620. The number of hydrogen-bond acceptors (Lipinski definition) is 5. The lowest BCUT2D eigenvalue weighted by atomic mass is 9.70. The minimum Gasteiger partial charge on any atom is -0.349 e. The van der Waals surface area contributed by atoms with Crippen LogP contribution in [-0.4, -0.2) is 33.5 Å². The highest BCUT2D eigenvalue weighted by Gasteiger charge is 2.13. The van der Waals surface area contributed by atoms with Crippen molar-refractivity contribution >= 4 is 25.0 Å². The first kappa shape index (κ1) is 16.3. The van der Waals surface area contributed by atoms with Crippen LogP contribution in [0.4, 0.5) is 5.95 Å². The van der Waals surface area contributed by atoms with E-state index >= 15 is 0 Å². The number of anilines is 1. The summed E-state index contributed by atoms with van der Waals surface area (Å²) >= 11 is 1.65. The van der Waals surface area contributed by atoms with Crippen molar-refractivity contribution in [2.75, 3.05) is 11.1 Å². The predicted molar refractivity (Wildman–Crippen MR) is 84.2 cm³/mol. The van der Waals surface area contributed by atoms with Crippen LogP contribution in [-0.2, 0) is 6.32 Å². The SMILES string of the molecule is CCC[B]Cc1nc(NC(C)(C)C)nc(SCC)n1. The molecule has 0 unspecified atom stereocenters. The Hall–Kier alpha value is -0.775. The maximum Gasteiger partial charge on any atom is 0.227 e. The zero-order valence-corrected chi connectivity index (χ0v) is 13.5. The molecule has 1 heterocycles. The molecule has 0 amide bonds. The standard InChI is InChI=1S/C13H24BN4S/c1-6-8-14-9-10-15-11(18-13(3,4)5)17-12(16-10)19-7-2/h6-9H2,1-5H3,(H,15,16,17,18). The first-order chi connectivity index (χ1) is 8.94. The van der Waals surface area contributed by atoms with Crippen LogP contribution in [0.2, 0.25) is 6.32 Å². The number of thioether (sulfide) groups is 1.